The molecule has 1 aliphatic rings. The van der Waals surface area contributed by atoms with Gasteiger partial charge in [-0.2, -0.15) is 0 Å². The molecule has 1 nitrogen and oxygen atoms in total. The van der Waals surface area contributed by atoms with Gasteiger partial charge >= 0.3 is 0 Å². The third kappa shape index (κ3) is 2.88. The van der Waals surface area contributed by atoms with Crippen LogP contribution in [-0.2, 0) is 0 Å². The lowest BCUT2D eigenvalue weighted by atomic mass is 9.78. The average molecular weight is 311 g/mol. The first-order valence-electron chi connectivity index (χ1n) is 4.89. The van der Waals surface area contributed by atoms with Crippen LogP contribution in [0.25, 0.3) is 0 Å². The number of halogens is 3. The van der Waals surface area contributed by atoms with E-state index < -0.39 is 0 Å². The van der Waals surface area contributed by atoms with Gasteiger partial charge in [0.05, 0.1) is 0 Å². The molecule has 2 N–H and O–H groups in total. The highest BCUT2D eigenvalue weighted by atomic mass is 79.9. The Bertz CT molecular complexity index is 339. The van der Waals surface area contributed by atoms with Crippen LogP contribution in [0.15, 0.2) is 22.7 Å². The highest BCUT2D eigenvalue weighted by Crippen LogP contribution is 2.38. The van der Waals surface area contributed by atoms with Crippen molar-refractivity contribution in [3.05, 3.63) is 33.3 Å². The second kappa shape index (κ2) is 5.53. The van der Waals surface area contributed by atoms with Gasteiger partial charge in [0.15, 0.2) is 0 Å². The van der Waals surface area contributed by atoms with Crippen LogP contribution in [-0.4, -0.2) is 0 Å². The fourth-order valence-corrected chi connectivity index (χ4v) is 2.77. The van der Waals surface area contributed by atoms with Gasteiger partial charge in [0, 0.05) is 15.5 Å². The van der Waals surface area contributed by atoms with E-state index >= 15 is 0 Å². The largest absolute Gasteiger partial charge is 0.324 e. The van der Waals surface area contributed by atoms with Crippen LogP contribution in [0.4, 0.5) is 0 Å². The molecule has 0 aromatic heterocycles. The predicted molar refractivity (Wildman–Crippen MR) is 70.7 cm³/mol. The van der Waals surface area contributed by atoms with Crippen molar-refractivity contribution < 1.29 is 0 Å². The number of nitrogens with two attached hydrogens (primary N) is 1. The summed E-state index contributed by atoms with van der Waals surface area (Å²) in [5.41, 5.74) is 7.36. The first kappa shape index (κ1) is 13.3. The van der Waals surface area contributed by atoms with Gasteiger partial charge in [-0.3, -0.25) is 0 Å². The molecule has 1 aromatic carbocycles. The summed E-state index contributed by atoms with van der Waals surface area (Å²) < 4.78 is 1.03. The summed E-state index contributed by atoms with van der Waals surface area (Å²) in [6, 6.07) is 6.00. The predicted octanol–water partition coefficient (Wildman–Crippen LogP) is 4.32. The van der Waals surface area contributed by atoms with Gasteiger partial charge in [-0.15, -0.1) is 12.4 Å². The summed E-state index contributed by atoms with van der Waals surface area (Å²) in [6.07, 6.45) is 3.84. The van der Waals surface area contributed by atoms with Crippen molar-refractivity contribution in [3.8, 4) is 0 Å². The molecule has 1 saturated carbocycles. The maximum atomic E-state index is 6.18. The lowest BCUT2D eigenvalue weighted by Crippen LogP contribution is -2.27. The fourth-order valence-electron chi connectivity index (χ4n) is 1.82. The van der Waals surface area contributed by atoms with Gasteiger partial charge in [-0.05, 0) is 36.5 Å². The van der Waals surface area contributed by atoms with Gasteiger partial charge < -0.3 is 5.73 Å². The summed E-state index contributed by atoms with van der Waals surface area (Å²) >= 11 is 9.38. The van der Waals surface area contributed by atoms with Gasteiger partial charge in [-0.1, -0.05) is 40.0 Å². The van der Waals surface area contributed by atoms with Crippen LogP contribution in [0.5, 0.6) is 0 Å². The van der Waals surface area contributed by atoms with Crippen LogP contribution < -0.4 is 5.73 Å². The molecule has 1 aromatic rings. The Balaban J connectivity index is 0.00000112. The highest BCUT2D eigenvalue weighted by molar-refractivity contribution is 9.10. The standard InChI is InChI=1S/C11H13BrClN.ClH/c12-10-6-8(13)4-5-9(10)11(14)7-2-1-3-7;/h4-7,11H,1-3,14H2;1H/t11-;/m1./s1. The molecule has 0 amide bonds. The second-order valence-electron chi connectivity index (χ2n) is 3.88. The Kier molecular flexibility index (Phi) is 4.91. The minimum absolute atomic E-state index is 0. The summed E-state index contributed by atoms with van der Waals surface area (Å²) in [4.78, 5) is 0. The molecule has 15 heavy (non-hydrogen) atoms. The minimum atomic E-state index is 0. The first-order valence-corrected chi connectivity index (χ1v) is 6.06. The number of hydrogen-bond acceptors (Lipinski definition) is 1. The molecular weight excluding hydrogens is 297 g/mol. The number of benzene rings is 1. The van der Waals surface area contributed by atoms with E-state index in [0.29, 0.717) is 5.92 Å². The van der Waals surface area contributed by atoms with E-state index in [1.54, 1.807) is 0 Å². The summed E-state index contributed by atoms with van der Waals surface area (Å²) in [7, 11) is 0. The van der Waals surface area contributed by atoms with E-state index in [-0.39, 0.29) is 18.4 Å². The first-order chi connectivity index (χ1) is 6.68. The van der Waals surface area contributed by atoms with Crippen molar-refractivity contribution in [3.63, 3.8) is 0 Å². The van der Waals surface area contributed by atoms with Crippen molar-refractivity contribution in [2.75, 3.05) is 0 Å². The van der Waals surface area contributed by atoms with E-state index in [9.17, 15) is 0 Å². The third-order valence-corrected chi connectivity index (χ3v) is 3.90. The lowest BCUT2D eigenvalue weighted by Gasteiger charge is -2.32. The van der Waals surface area contributed by atoms with E-state index in [4.69, 9.17) is 17.3 Å². The van der Waals surface area contributed by atoms with Crippen LogP contribution >= 0.6 is 39.9 Å². The molecule has 84 valence electrons. The van der Waals surface area contributed by atoms with Crippen molar-refractivity contribution in [1.29, 1.82) is 0 Å². The maximum absolute atomic E-state index is 6.18. The topological polar surface area (TPSA) is 26.0 Å². The smallest absolute Gasteiger partial charge is 0.0417 e. The molecule has 0 aliphatic heterocycles. The zero-order valence-electron chi connectivity index (χ0n) is 8.25. The van der Waals surface area contributed by atoms with E-state index in [0.717, 1.165) is 9.50 Å². The Hall–Kier alpha value is 0.240. The minimum Gasteiger partial charge on any atom is -0.324 e. The molecule has 0 unspecified atom stereocenters. The molecule has 0 heterocycles. The molecular formula is C11H14BrCl2N. The Morgan fingerprint density at radius 2 is 2.07 bits per heavy atom. The van der Waals surface area contributed by atoms with Gasteiger partial charge in [0.1, 0.15) is 0 Å². The summed E-state index contributed by atoms with van der Waals surface area (Å²) in [5, 5.41) is 0.751. The maximum Gasteiger partial charge on any atom is 0.0417 e. The molecule has 1 atom stereocenters. The van der Waals surface area contributed by atoms with Gasteiger partial charge in [0.25, 0.3) is 0 Å². The van der Waals surface area contributed by atoms with Crippen molar-refractivity contribution >= 4 is 39.9 Å². The zero-order chi connectivity index (χ0) is 10.1. The Morgan fingerprint density at radius 3 is 2.53 bits per heavy atom. The van der Waals surface area contributed by atoms with Crippen molar-refractivity contribution in [1.82, 2.24) is 0 Å². The third-order valence-electron chi connectivity index (χ3n) is 2.98. The van der Waals surface area contributed by atoms with Crippen molar-refractivity contribution in [2.24, 2.45) is 11.7 Å². The van der Waals surface area contributed by atoms with Crippen molar-refractivity contribution in [2.45, 2.75) is 25.3 Å². The quantitative estimate of drug-likeness (QED) is 0.864. The van der Waals surface area contributed by atoms with Gasteiger partial charge in [0.2, 0.25) is 0 Å². The number of hydrogen-bond donors (Lipinski definition) is 1. The monoisotopic (exact) mass is 309 g/mol. The SMILES string of the molecule is Cl.N[C@@H](c1ccc(Cl)cc1Br)C1CCC1. The van der Waals surface area contributed by atoms with Gasteiger partial charge in [-0.25, -0.2) is 0 Å². The molecule has 2 rings (SSSR count). The van der Waals surface area contributed by atoms with E-state index in [1.165, 1.54) is 24.8 Å². The highest BCUT2D eigenvalue weighted by Gasteiger charge is 2.26. The Labute approximate surface area is 110 Å². The van der Waals surface area contributed by atoms with Crippen LogP contribution in [0.2, 0.25) is 5.02 Å². The molecule has 0 bridgehead atoms. The van der Waals surface area contributed by atoms with Crippen LogP contribution in [0.3, 0.4) is 0 Å². The molecule has 0 saturated heterocycles. The molecule has 1 fully saturated rings. The van der Waals surface area contributed by atoms with E-state index in [1.807, 2.05) is 18.2 Å². The molecule has 1 aliphatic carbocycles. The van der Waals surface area contributed by atoms with E-state index in [2.05, 4.69) is 15.9 Å². The lowest BCUT2D eigenvalue weighted by molar-refractivity contribution is 0.264. The second-order valence-corrected chi connectivity index (χ2v) is 5.17. The normalized spacial score (nSPS) is 17.8. The molecule has 0 radical (unpaired) electrons. The average Bonchev–Trinajstić information content (AvgIpc) is 2.00. The molecule has 0 spiro atoms. The van der Waals surface area contributed by atoms with Crippen LogP contribution in [0, 0.1) is 5.92 Å². The van der Waals surface area contributed by atoms with Crippen LogP contribution in [0.1, 0.15) is 30.9 Å². The zero-order valence-corrected chi connectivity index (χ0v) is 11.4. The Morgan fingerprint density at radius 1 is 1.40 bits per heavy atom. The summed E-state index contributed by atoms with van der Waals surface area (Å²) in [5.74, 6) is 0.660. The fraction of sp³-hybridized carbons (Fsp3) is 0.455. The number of rotatable bonds is 2. The molecule has 4 heteroatoms. The summed E-state index contributed by atoms with van der Waals surface area (Å²) in [6.45, 7) is 0.